The summed E-state index contributed by atoms with van der Waals surface area (Å²) in [5.41, 5.74) is 18.9. The van der Waals surface area contributed by atoms with Gasteiger partial charge in [-0.3, -0.25) is 0 Å². The molecule has 0 saturated carbocycles. The normalized spacial score (nSPS) is 12.5. The van der Waals surface area contributed by atoms with Crippen LogP contribution in [0.25, 0.3) is 134 Å². The number of hydrogen-bond acceptors (Lipinski definition) is 4. The summed E-state index contributed by atoms with van der Waals surface area (Å²) in [7, 11) is 0. The first-order valence-corrected chi connectivity index (χ1v) is 25.3. The lowest BCUT2D eigenvalue weighted by Gasteiger charge is -2.21. The Bertz CT molecular complexity index is 4260. The highest BCUT2D eigenvalue weighted by Gasteiger charge is 2.25. The number of hydrogen-bond donors (Lipinski definition) is 0. The van der Waals surface area contributed by atoms with Gasteiger partial charge in [0.1, 0.15) is 11.2 Å². The molecule has 0 N–H and O–H groups in total. The maximum atomic E-state index is 6.43. The molecule has 5 heteroatoms. The Morgan fingerprint density at radius 3 is 1.47 bits per heavy atom. The molecule has 348 valence electrons. The summed E-state index contributed by atoms with van der Waals surface area (Å²) in [5.74, 6) is 1.71. The molecule has 0 radical (unpaired) electrons. The molecule has 0 saturated heterocycles. The van der Waals surface area contributed by atoms with Crippen LogP contribution >= 0.6 is 0 Å². The van der Waals surface area contributed by atoms with E-state index < -0.39 is 0 Å². The van der Waals surface area contributed by atoms with Crippen molar-refractivity contribution in [3.05, 3.63) is 260 Å². The van der Waals surface area contributed by atoms with Crippen LogP contribution in [0, 0.1) is 0 Å². The number of allylic oxidation sites excluding steroid dienone is 4. The molecule has 0 aliphatic heterocycles. The van der Waals surface area contributed by atoms with Crippen molar-refractivity contribution in [2.75, 3.05) is 0 Å². The molecule has 3 heterocycles. The predicted octanol–water partition coefficient (Wildman–Crippen LogP) is 18.3. The standard InChI is InChI=1S/C69H46N4O/c1-6-19-45(20-7-1)48-33-35-51(36-34-48)67-70-68(72-69(71-67)56-30-18-32-64-65(56)55-29-16-17-31-63(55)74-64)54-43-57(49-25-12-4-13-26-49)66(58(44-54)50-27-14-5-15-28-50)73-61-39-37-52(46-21-8-2-9-22-46)41-59(61)60-42-53(38-40-62(60)73)47-23-10-3-11-24-47/h1-2,4-10,12-44H,3,11H2. The molecule has 0 fully saturated rings. The zero-order valence-corrected chi connectivity index (χ0v) is 40.4. The van der Waals surface area contributed by atoms with Gasteiger partial charge in [0.05, 0.1) is 16.7 Å². The molecule has 14 rings (SSSR count). The lowest BCUT2D eigenvalue weighted by atomic mass is 9.92. The maximum Gasteiger partial charge on any atom is 0.164 e. The van der Waals surface area contributed by atoms with Crippen molar-refractivity contribution in [1.29, 1.82) is 0 Å². The summed E-state index contributed by atoms with van der Waals surface area (Å²) in [6.45, 7) is 0. The van der Waals surface area contributed by atoms with E-state index in [0.29, 0.717) is 17.5 Å². The van der Waals surface area contributed by atoms with E-state index in [1.165, 1.54) is 33.0 Å². The number of furan rings is 1. The van der Waals surface area contributed by atoms with Crippen LogP contribution in [0.1, 0.15) is 18.4 Å². The Morgan fingerprint density at radius 1 is 0.338 bits per heavy atom. The largest absolute Gasteiger partial charge is 0.456 e. The fourth-order valence-electron chi connectivity index (χ4n) is 10.9. The number of fused-ring (bicyclic) bond motifs is 6. The van der Waals surface area contributed by atoms with E-state index >= 15 is 0 Å². The van der Waals surface area contributed by atoms with Crippen molar-refractivity contribution in [3.8, 4) is 84.4 Å². The van der Waals surface area contributed by atoms with Crippen molar-refractivity contribution in [3.63, 3.8) is 0 Å². The summed E-state index contributed by atoms with van der Waals surface area (Å²) in [6, 6.07) is 84.0. The average molecular weight is 947 g/mol. The number of benzene rings is 10. The first-order chi connectivity index (χ1) is 36.7. The molecule has 0 bridgehead atoms. The molecule has 13 aromatic rings. The van der Waals surface area contributed by atoms with Crippen LogP contribution in [-0.2, 0) is 0 Å². The molecule has 0 spiro atoms. The smallest absolute Gasteiger partial charge is 0.164 e. The third-order valence-electron chi connectivity index (χ3n) is 14.5. The van der Waals surface area contributed by atoms with E-state index in [1.54, 1.807) is 0 Å². The van der Waals surface area contributed by atoms with Crippen molar-refractivity contribution < 1.29 is 4.42 Å². The fourth-order valence-corrected chi connectivity index (χ4v) is 10.9. The highest BCUT2D eigenvalue weighted by atomic mass is 16.3. The SMILES string of the molecule is C1=CC(c2ccc3c(c2)c2cc(-c4ccccc4)ccc2n3-c2c(-c3ccccc3)cc(-c3nc(-c4ccc(-c5ccccc5)cc4)nc(-c4cccc5oc6ccccc6c45)n3)cc2-c2ccccc2)=CCC1. The first-order valence-electron chi connectivity index (χ1n) is 25.3. The van der Waals surface area contributed by atoms with Crippen LogP contribution in [-0.4, -0.2) is 19.5 Å². The Hall–Kier alpha value is -9.71. The highest BCUT2D eigenvalue weighted by Crippen LogP contribution is 2.46. The van der Waals surface area contributed by atoms with E-state index in [2.05, 4.69) is 223 Å². The van der Waals surface area contributed by atoms with Gasteiger partial charge in [-0.1, -0.05) is 206 Å². The monoisotopic (exact) mass is 946 g/mol. The van der Waals surface area contributed by atoms with Crippen molar-refractivity contribution in [2.24, 2.45) is 0 Å². The number of nitrogens with zero attached hydrogens (tertiary/aromatic N) is 4. The number of para-hydroxylation sites is 1. The zero-order valence-electron chi connectivity index (χ0n) is 40.4. The van der Waals surface area contributed by atoms with Crippen LogP contribution < -0.4 is 0 Å². The summed E-state index contributed by atoms with van der Waals surface area (Å²) < 4.78 is 8.92. The van der Waals surface area contributed by atoms with E-state index in [-0.39, 0.29) is 0 Å². The lowest BCUT2D eigenvalue weighted by molar-refractivity contribution is 0.669. The van der Waals surface area contributed by atoms with Crippen molar-refractivity contribution in [1.82, 2.24) is 19.5 Å². The van der Waals surface area contributed by atoms with Crippen LogP contribution in [0.5, 0.6) is 0 Å². The summed E-state index contributed by atoms with van der Waals surface area (Å²) in [4.78, 5) is 16.2. The van der Waals surface area contributed by atoms with Gasteiger partial charge in [0, 0.05) is 49.4 Å². The second kappa shape index (κ2) is 18.2. The number of aromatic nitrogens is 4. The van der Waals surface area contributed by atoms with E-state index in [1.807, 2.05) is 36.4 Å². The second-order valence-corrected chi connectivity index (χ2v) is 19.0. The Kier molecular flexibility index (Phi) is 10.6. The van der Waals surface area contributed by atoms with E-state index in [4.69, 9.17) is 19.4 Å². The summed E-state index contributed by atoms with van der Waals surface area (Å²) >= 11 is 0. The van der Waals surface area contributed by atoms with Gasteiger partial charge < -0.3 is 8.98 Å². The quantitative estimate of drug-likeness (QED) is 0.145. The second-order valence-electron chi connectivity index (χ2n) is 19.0. The van der Waals surface area contributed by atoms with Gasteiger partial charge >= 0.3 is 0 Å². The van der Waals surface area contributed by atoms with Crippen LogP contribution in [0.4, 0.5) is 0 Å². The minimum Gasteiger partial charge on any atom is -0.456 e. The molecule has 5 nitrogen and oxygen atoms in total. The molecule has 10 aromatic carbocycles. The molecule has 0 atom stereocenters. The Morgan fingerprint density at radius 2 is 0.838 bits per heavy atom. The van der Waals surface area contributed by atoms with Gasteiger partial charge in [-0.25, -0.2) is 15.0 Å². The third kappa shape index (κ3) is 7.62. The molecular formula is C69H46N4O. The zero-order chi connectivity index (χ0) is 49.0. The third-order valence-corrected chi connectivity index (χ3v) is 14.5. The molecule has 3 aromatic heterocycles. The van der Waals surface area contributed by atoms with Gasteiger partial charge in [0.15, 0.2) is 17.5 Å². The predicted molar refractivity (Wildman–Crippen MR) is 306 cm³/mol. The van der Waals surface area contributed by atoms with Gasteiger partial charge in [0.2, 0.25) is 0 Å². The fraction of sp³-hybridized carbons (Fsp3) is 0.0290. The first kappa shape index (κ1) is 43.1. The van der Waals surface area contributed by atoms with Crippen molar-refractivity contribution in [2.45, 2.75) is 12.8 Å². The molecule has 1 aliphatic carbocycles. The molecule has 1 aliphatic rings. The van der Waals surface area contributed by atoms with E-state index in [9.17, 15) is 0 Å². The van der Waals surface area contributed by atoms with Crippen molar-refractivity contribution >= 4 is 49.3 Å². The number of rotatable bonds is 9. The summed E-state index contributed by atoms with van der Waals surface area (Å²) in [5, 5.41) is 4.37. The highest BCUT2D eigenvalue weighted by molar-refractivity contribution is 6.14. The Balaban J connectivity index is 1.05. The lowest BCUT2D eigenvalue weighted by Crippen LogP contribution is -2.04. The van der Waals surface area contributed by atoms with Gasteiger partial charge in [-0.2, -0.15) is 0 Å². The molecule has 0 amide bonds. The topological polar surface area (TPSA) is 56.7 Å². The average Bonchev–Trinajstić information content (AvgIpc) is 4.03. The van der Waals surface area contributed by atoms with E-state index in [0.717, 1.165) is 102 Å². The summed E-state index contributed by atoms with van der Waals surface area (Å²) in [6.07, 6.45) is 9.03. The van der Waals surface area contributed by atoms with Crippen LogP contribution in [0.15, 0.2) is 259 Å². The molecular weight excluding hydrogens is 901 g/mol. The minimum absolute atomic E-state index is 0.566. The Labute approximate surface area is 428 Å². The van der Waals surface area contributed by atoms with Gasteiger partial charge in [0.25, 0.3) is 0 Å². The molecule has 74 heavy (non-hydrogen) atoms. The van der Waals surface area contributed by atoms with Crippen LogP contribution in [0.3, 0.4) is 0 Å². The van der Waals surface area contributed by atoms with Gasteiger partial charge in [-0.15, -0.1) is 0 Å². The minimum atomic E-state index is 0.566. The van der Waals surface area contributed by atoms with Crippen LogP contribution in [0.2, 0.25) is 0 Å². The molecule has 0 unspecified atom stereocenters. The maximum absolute atomic E-state index is 6.43. The van der Waals surface area contributed by atoms with Gasteiger partial charge in [-0.05, 0) is 106 Å².